The van der Waals surface area contributed by atoms with E-state index in [4.69, 9.17) is 19.2 Å². The van der Waals surface area contributed by atoms with Gasteiger partial charge in [0.1, 0.15) is 5.52 Å². The highest BCUT2D eigenvalue weighted by Gasteiger charge is 2.18. The zero-order valence-electron chi connectivity index (χ0n) is 14.2. The first-order chi connectivity index (χ1) is 12.9. The standard InChI is InChI=1S/C20H18N4O2.CH4/c1-2-4-15(5-3-1)16-6-8-24(22-16)19-14-18(23-9-12-25-13-10-23)20-17(21-19)7-11-26-20;/h1-8,11,14H,9-10,12-13H2;1H4. The highest BCUT2D eigenvalue weighted by Crippen LogP contribution is 2.30. The summed E-state index contributed by atoms with van der Waals surface area (Å²) in [5.41, 5.74) is 4.69. The van der Waals surface area contributed by atoms with Crippen molar-refractivity contribution >= 4 is 16.8 Å². The third-order valence-electron chi connectivity index (χ3n) is 4.62. The highest BCUT2D eigenvalue weighted by atomic mass is 16.5. The first-order valence-electron chi connectivity index (χ1n) is 8.71. The fraction of sp³-hybridized carbons (Fsp3) is 0.238. The van der Waals surface area contributed by atoms with Gasteiger partial charge in [0.05, 0.1) is 30.9 Å². The van der Waals surface area contributed by atoms with Crippen molar-refractivity contribution in [3.63, 3.8) is 0 Å². The molecule has 0 unspecified atom stereocenters. The van der Waals surface area contributed by atoms with E-state index >= 15 is 0 Å². The lowest BCUT2D eigenvalue weighted by molar-refractivity contribution is 0.122. The minimum atomic E-state index is 0. The Morgan fingerprint density at radius 3 is 2.59 bits per heavy atom. The molecular weight excluding hydrogens is 340 g/mol. The third kappa shape index (κ3) is 3.19. The van der Waals surface area contributed by atoms with E-state index in [1.807, 2.05) is 47.3 Å². The van der Waals surface area contributed by atoms with Crippen LogP contribution < -0.4 is 4.90 Å². The quantitative estimate of drug-likeness (QED) is 0.548. The Kier molecular flexibility index (Phi) is 4.64. The summed E-state index contributed by atoms with van der Waals surface area (Å²) in [4.78, 5) is 7.00. The normalized spacial score (nSPS) is 14.3. The number of nitrogens with zero attached hydrogens (tertiary/aromatic N) is 4. The third-order valence-corrected chi connectivity index (χ3v) is 4.62. The van der Waals surface area contributed by atoms with E-state index in [1.165, 1.54) is 0 Å². The van der Waals surface area contributed by atoms with Gasteiger partial charge in [-0.3, -0.25) is 0 Å². The van der Waals surface area contributed by atoms with Gasteiger partial charge in [0, 0.05) is 37.0 Å². The molecule has 3 aromatic heterocycles. The lowest BCUT2D eigenvalue weighted by Gasteiger charge is -2.28. The van der Waals surface area contributed by atoms with Gasteiger partial charge in [-0.1, -0.05) is 37.8 Å². The van der Waals surface area contributed by atoms with Crippen molar-refractivity contribution in [3.8, 4) is 17.1 Å². The monoisotopic (exact) mass is 362 g/mol. The molecule has 1 saturated heterocycles. The van der Waals surface area contributed by atoms with Gasteiger partial charge in [0.25, 0.3) is 0 Å². The summed E-state index contributed by atoms with van der Waals surface area (Å²) in [6.07, 6.45) is 3.63. The van der Waals surface area contributed by atoms with Gasteiger partial charge < -0.3 is 14.1 Å². The van der Waals surface area contributed by atoms with Crippen molar-refractivity contribution < 1.29 is 9.15 Å². The van der Waals surface area contributed by atoms with Gasteiger partial charge in [-0.05, 0) is 6.07 Å². The van der Waals surface area contributed by atoms with E-state index in [-0.39, 0.29) is 7.43 Å². The fourth-order valence-corrected chi connectivity index (χ4v) is 3.30. The van der Waals surface area contributed by atoms with Gasteiger partial charge in [0.2, 0.25) is 0 Å². The Hall–Kier alpha value is -3.12. The maximum Gasteiger partial charge on any atom is 0.175 e. The fourth-order valence-electron chi connectivity index (χ4n) is 3.30. The molecule has 138 valence electrons. The van der Waals surface area contributed by atoms with Crippen LogP contribution in [0.2, 0.25) is 0 Å². The Balaban J connectivity index is 0.00000180. The van der Waals surface area contributed by atoms with Crippen LogP contribution in [0.4, 0.5) is 5.69 Å². The zero-order chi connectivity index (χ0) is 17.3. The maximum atomic E-state index is 5.69. The number of ether oxygens (including phenoxy) is 1. The first kappa shape index (κ1) is 17.3. The van der Waals surface area contributed by atoms with Crippen molar-refractivity contribution in [2.75, 3.05) is 31.2 Å². The summed E-state index contributed by atoms with van der Waals surface area (Å²) >= 11 is 0. The zero-order valence-corrected chi connectivity index (χ0v) is 14.2. The molecule has 1 aliphatic rings. The number of hydrogen-bond acceptors (Lipinski definition) is 5. The van der Waals surface area contributed by atoms with Crippen molar-refractivity contribution in [2.24, 2.45) is 0 Å². The Bertz CT molecular complexity index is 1030. The second kappa shape index (κ2) is 7.25. The number of anilines is 1. The van der Waals surface area contributed by atoms with Gasteiger partial charge >= 0.3 is 0 Å². The molecule has 5 rings (SSSR count). The molecule has 1 fully saturated rings. The number of morpholine rings is 1. The van der Waals surface area contributed by atoms with Crippen LogP contribution in [-0.2, 0) is 4.74 Å². The van der Waals surface area contributed by atoms with Gasteiger partial charge in [-0.25, -0.2) is 9.67 Å². The summed E-state index contributed by atoms with van der Waals surface area (Å²) < 4.78 is 13.0. The van der Waals surface area contributed by atoms with Gasteiger partial charge in [0.15, 0.2) is 11.4 Å². The van der Waals surface area contributed by atoms with E-state index < -0.39 is 0 Å². The molecule has 0 radical (unpaired) electrons. The average Bonchev–Trinajstić information content (AvgIpc) is 3.38. The van der Waals surface area contributed by atoms with E-state index in [1.54, 1.807) is 6.26 Å². The topological polar surface area (TPSA) is 56.3 Å². The van der Waals surface area contributed by atoms with E-state index in [2.05, 4.69) is 17.0 Å². The number of pyridine rings is 1. The van der Waals surface area contributed by atoms with Crippen molar-refractivity contribution in [3.05, 3.63) is 61.0 Å². The molecule has 0 amide bonds. The van der Waals surface area contributed by atoms with Crippen LogP contribution in [0.1, 0.15) is 7.43 Å². The summed E-state index contributed by atoms with van der Waals surface area (Å²) in [6, 6.07) is 16.1. The molecule has 6 nitrogen and oxygen atoms in total. The van der Waals surface area contributed by atoms with Crippen LogP contribution in [-0.4, -0.2) is 41.1 Å². The molecule has 4 aromatic rings. The molecule has 1 aliphatic heterocycles. The van der Waals surface area contributed by atoms with Crippen LogP contribution in [0.15, 0.2) is 65.4 Å². The van der Waals surface area contributed by atoms with Gasteiger partial charge in [-0.2, -0.15) is 5.10 Å². The van der Waals surface area contributed by atoms with Crippen LogP contribution in [0.25, 0.3) is 28.2 Å². The number of rotatable bonds is 3. The van der Waals surface area contributed by atoms with Crippen molar-refractivity contribution in [1.82, 2.24) is 14.8 Å². The van der Waals surface area contributed by atoms with E-state index in [9.17, 15) is 0 Å². The summed E-state index contributed by atoms with van der Waals surface area (Å²) in [6.45, 7) is 3.13. The van der Waals surface area contributed by atoms with Crippen LogP contribution in [0.3, 0.4) is 0 Å². The lowest BCUT2D eigenvalue weighted by Crippen LogP contribution is -2.36. The minimum Gasteiger partial charge on any atom is -0.460 e. The number of hydrogen-bond donors (Lipinski definition) is 0. The molecule has 27 heavy (non-hydrogen) atoms. The smallest absolute Gasteiger partial charge is 0.175 e. The van der Waals surface area contributed by atoms with Crippen LogP contribution in [0.5, 0.6) is 0 Å². The van der Waals surface area contributed by atoms with Gasteiger partial charge in [-0.15, -0.1) is 0 Å². The minimum absolute atomic E-state index is 0. The van der Waals surface area contributed by atoms with E-state index in [0.717, 1.165) is 60.2 Å². The van der Waals surface area contributed by atoms with Crippen LogP contribution >= 0.6 is 0 Å². The largest absolute Gasteiger partial charge is 0.460 e. The Morgan fingerprint density at radius 2 is 1.78 bits per heavy atom. The predicted molar refractivity (Wildman–Crippen MR) is 106 cm³/mol. The van der Waals surface area contributed by atoms with Crippen molar-refractivity contribution in [2.45, 2.75) is 7.43 Å². The molecule has 0 aliphatic carbocycles. The van der Waals surface area contributed by atoms with Crippen molar-refractivity contribution in [1.29, 1.82) is 0 Å². The number of aromatic nitrogens is 3. The number of furan rings is 1. The summed E-state index contributed by atoms with van der Waals surface area (Å²) in [5.74, 6) is 0.780. The molecule has 0 atom stereocenters. The summed E-state index contributed by atoms with van der Waals surface area (Å²) in [5, 5.41) is 4.71. The number of fused-ring (bicyclic) bond motifs is 1. The highest BCUT2D eigenvalue weighted by molar-refractivity contribution is 5.88. The molecule has 4 heterocycles. The maximum absolute atomic E-state index is 5.69. The molecule has 0 bridgehead atoms. The number of benzene rings is 1. The Labute approximate surface area is 158 Å². The predicted octanol–water partition coefficient (Wildman–Crippen LogP) is 4.15. The molecule has 0 saturated carbocycles. The first-order valence-corrected chi connectivity index (χ1v) is 8.71. The SMILES string of the molecule is C.c1ccc(-c2ccn(-c3cc(N4CCOCC4)c4occc4n3)n2)cc1. The second-order valence-electron chi connectivity index (χ2n) is 6.25. The average molecular weight is 362 g/mol. The molecule has 0 spiro atoms. The molecule has 6 heteroatoms. The summed E-state index contributed by atoms with van der Waals surface area (Å²) in [7, 11) is 0. The van der Waals surface area contributed by atoms with E-state index in [0.29, 0.717) is 0 Å². The Morgan fingerprint density at radius 1 is 0.963 bits per heavy atom. The van der Waals surface area contributed by atoms with Crippen LogP contribution in [0, 0.1) is 0 Å². The molecule has 0 N–H and O–H groups in total. The molecule has 1 aromatic carbocycles. The molecular formula is C21H22N4O2. The lowest BCUT2D eigenvalue weighted by atomic mass is 10.2. The second-order valence-corrected chi connectivity index (χ2v) is 6.25.